The molecular weight excluding hydrogens is 319 g/mol. The lowest BCUT2D eigenvalue weighted by Gasteiger charge is -2.21. The fourth-order valence-corrected chi connectivity index (χ4v) is 2.61. The van der Waals surface area contributed by atoms with E-state index in [9.17, 15) is 9.18 Å². The Bertz CT molecular complexity index is 687. The van der Waals surface area contributed by atoms with Crippen LogP contribution in [-0.2, 0) is 6.42 Å². The van der Waals surface area contributed by atoms with E-state index in [-0.39, 0.29) is 11.7 Å². The number of benzene rings is 1. The number of rotatable bonds is 9. The molecule has 5 nitrogen and oxygen atoms in total. The molecule has 0 saturated carbocycles. The van der Waals surface area contributed by atoms with Gasteiger partial charge in [0.2, 0.25) is 0 Å². The van der Waals surface area contributed by atoms with Crippen LogP contribution in [0, 0.1) is 5.82 Å². The second-order valence-electron chi connectivity index (χ2n) is 5.85. The molecule has 134 valence electrons. The van der Waals surface area contributed by atoms with Crippen LogP contribution >= 0.6 is 0 Å². The third-order valence-electron chi connectivity index (χ3n) is 3.82. The Morgan fingerprint density at radius 3 is 2.56 bits per heavy atom. The summed E-state index contributed by atoms with van der Waals surface area (Å²) in [6, 6.07) is 8.36. The maximum atomic E-state index is 13.6. The van der Waals surface area contributed by atoms with Gasteiger partial charge >= 0.3 is 0 Å². The van der Waals surface area contributed by atoms with E-state index in [1.54, 1.807) is 18.2 Å². The Kier molecular flexibility index (Phi) is 7.32. The molecule has 25 heavy (non-hydrogen) atoms. The molecule has 0 spiro atoms. The predicted octanol–water partition coefficient (Wildman–Crippen LogP) is 3.53. The molecular formula is C19H25FN4O. The molecule has 0 atom stereocenters. The zero-order valence-corrected chi connectivity index (χ0v) is 14.8. The summed E-state index contributed by atoms with van der Waals surface area (Å²) in [6.45, 7) is 6.05. The first-order valence-corrected chi connectivity index (χ1v) is 8.74. The second kappa shape index (κ2) is 9.71. The molecule has 1 aromatic carbocycles. The number of halogens is 1. The molecule has 0 radical (unpaired) electrons. The molecule has 0 saturated heterocycles. The van der Waals surface area contributed by atoms with E-state index in [1.807, 2.05) is 24.8 Å². The topological polar surface area (TPSA) is 58.1 Å². The van der Waals surface area contributed by atoms with Gasteiger partial charge in [-0.2, -0.15) is 0 Å². The average Bonchev–Trinajstić information content (AvgIpc) is 2.63. The van der Waals surface area contributed by atoms with E-state index in [4.69, 9.17) is 0 Å². The summed E-state index contributed by atoms with van der Waals surface area (Å²) in [4.78, 5) is 22.6. The van der Waals surface area contributed by atoms with Gasteiger partial charge in [-0.3, -0.25) is 4.79 Å². The first-order chi connectivity index (χ1) is 12.2. The molecule has 1 heterocycles. The summed E-state index contributed by atoms with van der Waals surface area (Å²) >= 11 is 0. The molecule has 6 heteroatoms. The molecule has 0 aliphatic heterocycles. The van der Waals surface area contributed by atoms with Crippen molar-refractivity contribution >= 4 is 11.7 Å². The third-order valence-corrected chi connectivity index (χ3v) is 3.82. The number of nitrogens with zero attached hydrogens (tertiary/aromatic N) is 3. The van der Waals surface area contributed by atoms with E-state index >= 15 is 0 Å². The highest BCUT2D eigenvalue weighted by Crippen LogP contribution is 2.10. The average molecular weight is 344 g/mol. The van der Waals surface area contributed by atoms with Crippen molar-refractivity contribution in [2.75, 3.05) is 25.0 Å². The molecule has 0 bridgehead atoms. The fraction of sp³-hybridized carbons (Fsp3) is 0.421. The van der Waals surface area contributed by atoms with Crippen molar-refractivity contribution in [1.29, 1.82) is 0 Å². The van der Waals surface area contributed by atoms with Gasteiger partial charge in [0.25, 0.3) is 5.91 Å². The maximum absolute atomic E-state index is 13.6. The van der Waals surface area contributed by atoms with Gasteiger partial charge in [-0.25, -0.2) is 14.4 Å². The van der Waals surface area contributed by atoms with Gasteiger partial charge in [-0.05, 0) is 30.9 Å². The van der Waals surface area contributed by atoms with E-state index in [0.717, 1.165) is 12.8 Å². The van der Waals surface area contributed by atoms with Gasteiger partial charge < -0.3 is 10.2 Å². The molecule has 1 N–H and O–H groups in total. The lowest BCUT2D eigenvalue weighted by atomic mass is 10.1. The minimum Gasteiger partial charge on any atom is -0.370 e. The highest BCUT2D eigenvalue weighted by Gasteiger charge is 2.16. The van der Waals surface area contributed by atoms with Crippen molar-refractivity contribution in [3.63, 3.8) is 0 Å². The number of hydrogen-bond acceptors (Lipinski definition) is 4. The van der Waals surface area contributed by atoms with E-state index < -0.39 is 0 Å². The molecule has 2 rings (SSSR count). The van der Waals surface area contributed by atoms with Gasteiger partial charge in [0.15, 0.2) is 0 Å². The highest BCUT2D eigenvalue weighted by atomic mass is 19.1. The molecule has 0 aliphatic rings. The summed E-state index contributed by atoms with van der Waals surface area (Å²) in [7, 11) is 0. The van der Waals surface area contributed by atoms with Gasteiger partial charge in [-0.1, -0.05) is 32.0 Å². The van der Waals surface area contributed by atoms with Gasteiger partial charge in [0.1, 0.15) is 23.7 Å². The first kappa shape index (κ1) is 18.8. The van der Waals surface area contributed by atoms with E-state index in [2.05, 4.69) is 15.3 Å². The van der Waals surface area contributed by atoms with E-state index in [0.29, 0.717) is 43.1 Å². The number of hydrogen-bond donors (Lipinski definition) is 1. The molecule has 2 aromatic rings. The van der Waals surface area contributed by atoms with Gasteiger partial charge in [-0.15, -0.1) is 0 Å². The summed E-state index contributed by atoms with van der Waals surface area (Å²) in [5.74, 6) is 0.281. The quantitative estimate of drug-likeness (QED) is 0.756. The van der Waals surface area contributed by atoms with Crippen molar-refractivity contribution in [2.45, 2.75) is 33.1 Å². The normalized spacial score (nSPS) is 10.5. The second-order valence-corrected chi connectivity index (χ2v) is 5.85. The van der Waals surface area contributed by atoms with Crippen molar-refractivity contribution in [3.05, 3.63) is 53.7 Å². The van der Waals surface area contributed by atoms with Crippen LogP contribution in [0.1, 0.15) is 42.7 Å². The molecule has 0 unspecified atom stereocenters. The standard InChI is InChI=1S/C19H25FN4O/c1-3-11-24(12-4-2)19(25)17-13-18(23-14-22-17)21-10-9-15-7-5-6-8-16(15)20/h5-8,13-14H,3-4,9-12H2,1-2H3,(H,21,22,23). The molecule has 1 aromatic heterocycles. The monoisotopic (exact) mass is 344 g/mol. The maximum Gasteiger partial charge on any atom is 0.272 e. The van der Waals surface area contributed by atoms with Crippen molar-refractivity contribution in [1.82, 2.24) is 14.9 Å². The number of carbonyl (C=O) groups is 1. The number of anilines is 1. The van der Waals surface area contributed by atoms with Crippen LogP contribution < -0.4 is 5.32 Å². The lowest BCUT2D eigenvalue weighted by Crippen LogP contribution is -2.33. The van der Waals surface area contributed by atoms with Crippen molar-refractivity contribution < 1.29 is 9.18 Å². The smallest absolute Gasteiger partial charge is 0.272 e. The van der Waals surface area contributed by atoms with Crippen LogP contribution in [0.25, 0.3) is 0 Å². The van der Waals surface area contributed by atoms with Crippen LogP contribution in [0.3, 0.4) is 0 Å². The minimum absolute atomic E-state index is 0.0803. The predicted molar refractivity (Wildman–Crippen MR) is 97.1 cm³/mol. The lowest BCUT2D eigenvalue weighted by molar-refractivity contribution is 0.0749. The van der Waals surface area contributed by atoms with Crippen LogP contribution in [0.5, 0.6) is 0 Å². The molecule has 0 fully saturated rings. The summed E-state index contributed by atoms with van der Waals surface area (Å²) in [6.07, 6.45) is 3.74. The van der Waals surface area contributed by atoms with Crippen molar-refractivity contribution in [2.24, 2.45) is 0 Å². The Balaban J connectivity index is 1.98. The van der Waals surface area contributed by atoms with E-state index in [1.165, 1.54) is 12.4 Å². The molecule has 0 aliphatic carbocycles. The van der Waals surface area contributed by atoms with Crippen LogP contribution in [0.4, 0.5) is 10.2 Å². The third kappa shape index (κ3) is 5.52. The number of nitrogens with one attached hydrogen (secondary N) is 1. The van der Waals surface area contributed by atoms with Gasteiger partial charge in [0.05, 0.1) is 0 Å². The van der Waals surface area contributed by atoms with Crippen LogP contribution in [0.15, 0.2) is 36.7 Å². The Morgan fingerprint density at radius 1 is 1.16 bits per heavy atom. The zero-order valence-electron chi connectivity index (χ0n) is 14.8. The summed E-state index contributed by atoms with van der Waals surface area (Å²) in [5.41, 5.74) is 1.03. The zero-order chi connectivity index (χ0) is 18.1. The first-order valence-electron chi connectivity index (χ1n) is 8.74. The van der Waals surface area contributed by atoms with Crippen LogP contribution in [-0.4, -0.2) is 40.4 Å². The molecule has 1 amide bonds. The fourth-order valence-electron chi connectivity index (χ4n) is 2.61. The van der Waals surface area contributed by atoms with Crippen molar-refractivity contribution in [3.8, 4) is 0 Å². The Labute approximate surface area is 148 Å². The number of amides is 1. The largest absolute Gasteiger partial charge is 0.370 e. The highest BCUT2D eigenvalue weighted by molar-refractivity contribution is 5.92. The minimum atomic E-state index is -0.211. The SMILES string of the molecule is CCCN(CCC)C(=O)c1cc(NCCc2ccccc2F)ncn1. The number of aromatic nitrogens is 2. The van der Waals surface area contributed by atoms with Crippen LogP contribution in [0.2, 0.25) is 0 Å². The Morgan fingerprint density at radius 2 is 1.88 bits per heavy atom. The Hall–Kier alpha value is -2.50. The summed E-state index contributed by atoms with van der Waals surface area (Å²) in [5, 5.41) is 3.13. The van der Waals surface area contributed by atoms with Gasteiger partial charge in [0, 0.05) is 25.7 Å². The summed E-state index contributed by atoms with van der Waals surface area (Å²) < 4.78 is 13.6. The number of carbonyl (C=O) groups excluding carboxylic acids is 1.